The lowest BCUT2D eigenvalue weighted by Gasteiger charge is -2.07. The first-order valence-corrected chi connectivity index (χ1v) is 5.78. The fourth-order valence-corrected chi connectivity index (χ4v) is 1.55. The number of benzene rings is 1. The Labute approximate surface area is 97.4 Å². The van der Waals surface area contributed by atoms with E-state index in [1.165, 1.54) is 11.1 Å². The molecule has 0 radical (unpaired) electrons. The van der Waals surface area contributed by atoms with Crippen molar-refractivity contribution in [3.63, 3.8) is 0 Å². The van der Waals surface area contributed by atoms with Crippen molar-refractivity contribution in [3.05, 3.63) is 35.4 Å². The van der Waals surface area contributed by atoms with Crippen molar-refractivity contribution in [1.29, 1.82) is 0 Å². The highest BCUT2D eigenvalue weighted by atomic mass is 16.5. The zero-order valence-corrected chi connectivity index (χ0v) is 9.91. The fourth-order valence-electron chi connectivity index (χ4n) is 1.55. The summed E-state index contributed by atoms with van der Waals surface area (Å²) in [6.07, 6.45) is 1.05. The quantitative estimate of drug-likeness (QED) is 0.649. The predicted octanol–water partition coefficient (Wildman–Crippen LogP) is 1.14. The average Bonchev–Trinajstić information content (AvgIpc) is 2.30. The second-order valence-corrected chi connectivity index (χ2v) is 3.76. The van der Waals surface area contributed by atoms with Crippen LogP contribution in [0.5, 0.6) is 0 Å². The van der Waals surface area contributed by atoms with Crippen LogP contribution in [0.15, 0.2) is 24.3 Å². The molecule has 0 spiro atoms. The summed E-state index contributed by atoms with van der Waals surface area (Å²) in [7, 11) is 0. The van der Waals surface area contributed by atoms with Crippen LogP contribution in [0.4, 0.5) is 0 Å². The molecular formula is C13H21NO2. The zero-order valence-electron chi connectivity index (χ0n) is 9.91. The van der Waals surface area contributed by atoms with Crippen LogP contribution in [0.3, 0.4) is 0 Å². The van der Waals surface area contributed by atoms with Crippen molar-refractivity contribution in [3.8, 4) is 0 Å². The number of ether oxygens (including phenoxy) is 1. The van der Waals surface area contributed by atoms with Gasteiger partial charge in [-0.15, -0.1) is 0 Å². The Morgan fingerprint density at radius 2 is 2.00 bits per heavy atom. The number of aryl methyl sites for hydroxylation is 1. The first-order chi connectivity index (χ1) is 7.84. The van der Waals surface area contributed by atoms with Crippen molar-refractivity contribution in [2.24, 2.45) is 0 Å². The molecule has 0 saturated carbocycles. The summed E-state index contributed by atoms with van der Waals surface area (Å²) >= 11 is 0. The first-order valence-electron chi connectivity index (χ1n) is 5.78. The zero-order chi connectivity index (χ0) is 11.6. The van der Waals surface area contributed by atoms with Crippen LogP contribution in [-0.4, -0.2) is 38.0 Å². The Kier molecular flexibility index (Phi) is 6.81. The summed E-state index contributed by atoms with van der Waals surface area (Å²) in [4.78, 5) is 0. The lowest BCUT2D eigenvalue weighted by Crippen LogP contribution is -2.23. The van der Waals surface area contributed by atoms with Gasteiger partial charge in [0.05, 0.1) is 19.8 Å². The SMILES string of the molecule is Cc1ccccc1CCNCCOCCO. The molecule has 0 amide bonds. The van der Waals surface area contributed by atoms with Crippen LogP contribution in [0.1, 0.15) is 11.1 Å². The van der Waals surface area contributed by atoms with E-state index in [0.717, 1.165) is 19.5 Å². The maximum atomic E-state index is 8.50. The van der Waals surface area contributed by atoms with Gasteiger partial charge in [-0.1, -0.05) is 24.3 Å². The monoisotopic (exact) mass is 223 g/mol. The van der Waals surface area contributed by atoms with Gasteiger partial charge in [-0.25, -0.2) is 0 Å². The van der Waals surface area contributed by atoms with Crippen molar-refractivity contribution in [2.75, 3.05) is 32.9 Å². The van der Waals surface area contributed by atoms with E-state index in [4.69, 9.17) is 9.84 Å². The Hall–Kier alpha value is -0.900. The minimum atomic E-state index is 0.100. The molecule has 0 aliphatic heterocycles. The van der Waals surface area contributed by atoms with E-state index in [1.54, 1.807) is 0 Å². The summed E-state index contributed by atoms with van der Waals surface area (Å²) in [5.74, 6) is 0. The molecule has 16 heavy (non-hydrogen) atoms. The Morgan fingerprint density at radius 1 is 1.19 bits per heavy atom. The highest BCUT2D eigenvalue weighted by Gasteiger charge is 1.96. The third-order valence-electron chi connectivity index (χ3n) is 2.49. The van der Waals surface area contributed by atoms with Gasteiger partial charge < -0.3 is 15.2 Å². The number of aliphatic hydroxyl groups excluding tert-OH is 1. The van der Waals surface area contributed by atoms with Gasteiger partial charge in [-0.3, -0.25) is 0 Å². The Bertz CT molecular complexity index is 289. The Morgan fingerprint density at radius 3 is 2.75 bits per heavy atom. The molecule has 0 bridgehead atoms. The predicted molar refractivity (Wildman–Crippen MR) is 65.7 cm³/mol. The Balaban J connectivity index is 2.05. The molecule has 0 atom stereocenters. The summed E-state index contributed by atoms with van der Waals surface area (Å²) in [5, 5.41) is 11.8. The van der Waals surface area contributed by atoms with Gasteiger partial charge in [0.25, 0.3) is 0 Å². The summed E-state index contributed by atoms with van der Waals surface area (Å²) in [5.41, 5.74) is 2.74. The van der Waals surface area contributed by atoms with E-state index in [-0.39, 0.29) is 6.61 Å². The average molecular weight is 223 g/mol. The second kappa shape index (κ2) is 8.28. The largest absolute Gasteiger partial charge is 0.394 e. The lowest BCUT2D eigenvalue weighted by molar-refractivity contribution is 0.0940. The molecule has 0 saturated heterocycles. The molecule has 3 heteroatoms. The van der Waals surface area contributed by atoms with Crippen molar-refractivity contribution in [1.82, 2.24) is 5.32 Å². The van der Waals surface area contributed by atoms with Gasteiger partial charge >= 0.3 is 0 Å². The highest BCUT2D eigenvalue weighted by Crippen LogP contribution is 2.06. The standard InChI is InChI=1S/C13H21NO2/c1-12-4-2-3-5-13(12)6-7-14-8-10-16-11-9-15/h2-5,14-15H,6-11H2,1H3. The summed E-state index contributed by atoms with van der Waals surface area (Å²) in [6.45, 7) is 5.13. The summed E-state index contributed by atoms with van der Waals surface area (Å²) < 4.78 is 5.15. The normalized spacial score (nSPS) is 10.6. The van der Waals surface area contributed by atoms with Crippen LogP contribution >= 0.6 is 0 Å². The van der Waals surface area contributed by atoms with Crippen LogP contribution in [0.2, 0.25) is 0 Å². The molecule has 0 heterocycles. The van der Waals surface area contributed by atoms with Crippen LogP contribution in [0, 0.1) is 6.92 Å². The fraction of sp³-hybridized carbons (Fsp3) is 0.538. The molecule has 2 N–H and O–H groups in total. The minimum absolute atomic E-state index is 0.100. The van der Waals surface area contributed by atoms with Crippen molar-refractivity contribution < 1.29 is 9.84 Å². The van der Waals surface area contributed by atoms with Crippen LogP contribution < -0.4 is 5.32 Å². The maximum absolute atomic E-state index is 8.50. The molecule has 1 rings (SSSR count). The van der Waals surface area contributed by atoms with E-state index in [9.17, 15) is 0 Å². The molecule has 1 aromatic rings. The molecule has 0 fully saturated rings. The third-order valence-corrected chi connectivity index (χ3v) is 2.49. The maximum Gasteiger partial charge on any atom is 0.0698 e. The molecule has 3 nitrogen and oxygen atoms in total. The van der Waals surface area contributed by atoms with Crippen molar-refractivity contribution in [2.45, 2.75) is 13.3 Å². The van der Waals surface area contributed by atoms with Gasteiger partial charge in [0.2, 0.25) is 0 Å². The summed E-state index contributed by atoms with van der Waals surface area (Å²) in [6, 6.07) is 8.45. The van der Waals surface area contributed by atoms with Crippen LogP contribution in [0.25, 0.3) is 0 Å². The molecule has 0 aliphatic rings. The number of nitrogens with one attached hydrogen (secondary N) is 1. The molecule has 0 aromatic heterocycles. The molecule has 1 aromatic carbocycles. The number of hydrogen-bond acceptors (Lipinski definition) is 3. The van der Waals surface area contributed by atoms with Crippen LogP contribution in [-0.2, 0) is 11.2 Å². The van der Waals surface area contributed by atoms with E-state index < -0.39 is 0 Å². The van der Waals surface area contributed by atoms with E-state index >= 15 is 0 Å². The third kappa shape index (κ3) is 5.26. The lowest BCUT2D eigenvalue weighted by atomic mass is 10.1. The first kappa shape index (κ1) is 13.2. The van der Waals surface area contributed by atoms with E-state index in [0.29, 0.717) is 13.2 Å². The van der Waals surface area contributed by atoms with Crippen molar-refractivity contribution >= 4 is 0 Å². The topological polar surface area (TPSA) is 41.5 Å². The molecule has 0 aliphatic carbocycles. The van der Waals surface area contributed by atoms with Gasteiger partial charge in [0, 0.05) is 6.54 Å². The second-order valence-electron chi connectivity index (χ2n) is 3.76. The molecular weight excluding hydrogens is 202 g/mol. The minimum Gasteiger partial charge on any atom is -0.394 e. The van der Waals surface area contributed by atoms with Gasteiger partial charge in [0.15, 0.2) is 0 Å². The van der Waals surface area contributed by atoms with Gasteiger partial charge in [0.1, 0.15) is 0 Å². The van der Waals surface area contributed by atoms with Gasteiger partial charge in [-0.2, -0.15) is 0 Å². The number of hydrogen-bond donors (Lipinski definition) is 2. The number of rotatable bonds is 8. The van der Waals surface area contributed by atoms with E-state index in [1.807, 2.05) is 0 Å². The highest BCUT2D eigenvalue weighted by molar-refractivity contribution is 5.25. The number of aliphatic hydroxyl groups is 1. The molecule has 90 valence electrons. The van der Waals surface area contributed by atoms with Gasteiger partial charge in [-0.05, 0) is 31.0 Å². The van der Waals surface area contributed by atoms with E-state index in [2.05, 4.69) is 36.5 Å². The molecule has 0 unspecified atom stereocenters. The smallest absolute Gasteiger partial charge is 0.0698 e.